The number of rotatable bonds is 0. The zero-order valence-electron chi connectivity index (χ0n) is 27.7. The molecule has 228 valence electrons. The summed E-state index contributed by atoms with van der Waals surface area (Å²) in [6, 6.07) is 84.1. The van der Waals surface area contributed by atoms with Crippen LogP contribution in [-0.2, 0) is 0 Å². The van der Waals surface area contributed by atoms with Gasteiger partial charge in [0.05, 0.1) is 0 Å². The Balaban J connectivity index is 1.42. The topological polar surface area (TPSA) is 0 Å². The van der Waals surface area contributed by atoms with Gasteiger partial charge in [0.1, 0.15) is 0 Å². The van der Waals surface area contributed by atoms with Crippen molar-refractivity contribution in [3.05, 3.63) is 217 Å². The van der Waals surface area contributed by atoms with Crippen LogP contribution in [0, 0.1) is 86.6 Å². The minimum absolute atomic E-state index is 0.899. The Morgan fingerprint density at radius 1 is 0.220 bits per heavy atom. The van der Waals surface area contributed by atoms with Crippen LogP contribution in [0.4, 0.5) is 0 Å². The van der Waals surface area contributed by atoms with E-state index < -0.39 is 0 Å². The van der Waals surface area contributed by atoms with E-state index in [0.717, 1.165) is 75.8 Å². The maximum Gasteiger partial charge on any atom is 0.0264 e. The Hall–Kier alpha value is -7.32. The molecule has 0 N–H and O–H groups in total. The summed E-state index contributed by atoms with van der Waals surface area (Å²) in [4.78, 5) is 0. The SMILES string of the molecule is Cc1cc2c#cc3cccc(c#cc4cccc(c#cc5cc(C)cc(c#cc6cccc(c#cc7cccc(c#cc(c1)c2)c7)c6)c5)c4)c3. The summed E-state index contributed by atoms with van der Waals surface area (Å²) >= 11 is 0. The van der Waals surface area contributed by atoms with E-state index in [9.17, 15) is 0 Å². The largest absolute Gasteiger partial charge is 0.0616 e. The molecule has 7 aromatic rings. The highest BCUT2D eigenvalue weighted by molar-refractivity contribution is 5.71. The van der Waals surface area contributed by atoms with Crippen LogP contribution in [-0.4, -0.2) is 0 Å². The van der Waals surface area contributed by atoms with Crippen LogP contribution in [0.15, 0.2) is 133 Å². The first kappa shape index (κ1) is 31.3. The molecule has 0 aliphatic heterocycles. The highest BCUT2D eigenvalue weighted by Gasteiger charge is 1.90. The Morgan fingerprint density at radius 2 is 0.380 bits per heavy atom. The summed E-state index contributed by atoms with van der Waals surface area (Å²) in [6.07, 6.45) is 0. The molecule has 7 rings (SSSR count). The maximum absolute atomic E-state index is 3.32. The third-order valence-corrected chi connectivity index (χ3v) is 7.71. The smallest absolute Gasteiger partial charge is 0.0264 e. The molecule has 0 spiro atoms. The second kappa shape index (κ2) is 14.6. The van der Waals surface area contributed by atoms with Crippen molar-refractivity contribution in [1.82, 2.24) is 0 Å². The second-order valence-electron chi connectivity index (χ2n) is 12.0. The molecule has 0 aliphatic rings. The van der Waals surface area contributed by atoms with Crippen LogP contribution in [0.1, 0.15) is 11.1 Å². The van der Waals surface area contributed by atoms with Gasteiger partial charge in [-0.3, -0.25) is 0 Å². The Kier molecular flexibility index (Phi) is 9.15. The fraction of sp³-hybridized carbons (Fsp3) is 0.0400. The lowest BCUT2D eigenvalue weighted by atomic mass is 10.1. The van der Waals surface area contributed by atoms with Gasteiger partial charge in [0, 0.05) is 64.6 Å². The van der Waals surface area contributed by atoms with Crippen LogP contribution in [0.25, 0.3) is 64.6 Å². The van der Waals surface area contributed by atoms with E-state index >= 15 is 0 Å². The molecular formula is C50H28. The van der Waals surface area contributed by atoms with Gasteiger partial charge in [0.2, 0.25) is 0 Å². The van der Waals surface area contributed by atoms with Gasteiger partial charge in [-0.2, -0.15) is 0 Å². The van der Waals surface area contributed by atoms with Gasteiger partial charge in [-0.15, -0.1) is 0 Å². The van der Waals surface area contributed by atoms with Crippen LogP contribution < -0.4 is 0 Å². The van der Waals surface area contributed by atoms with Crippen molar-refractivity contribution in [2.24, 2.45) is 0 Å². The maximum atomic E-state index is 3.32. The number of hydrogen-bond donors (Lipinski definition) is 0. The van der Waals surface area contributed by atoms with Crippen molar-refractivity contribution in [3.63, 3.8) is 0 Å². The Labute approximate surface area is 294 Å². The predicted octanol–water partition coefficient (Wildman–Crippen LogP) is 11.9. The molecule has 0 nitrogen and oxygen atoms in total. The summed E-state index contributed by atoms with van der Waals surface area (Å²) in [5, 5.41) is 10.9. The molecule has 0 aromatic heterocycles. The molecule has 0 radical (unpaired) electrons. The second-order valence-corrected chi connectivity index (χ2v) is 12.0. The number of benzene rings is 6. The monoisotopic (exact) mass is 628 g/mol. The fourth-order valence-electron chi connectivity index (χ4n) is 5.42. The lowest BCUT2D eigenvalue weighted by Crippen LogP contribution is -1.70. The van der Waals surface area contributed by atoms with Crippen molar-refractivity contribution in [2.75, 3.05) is 0 Å². The number of fused-ring (bicyclic) bond motifs is 12. The number of aryl methyl sites for hydroxylation is 2. The lowest BCUT2D eigenvalue weighted by Gasteiger charge is -1.91. The first-order valence-electron chi connectivity index (χ1n) is 16.2. The molecule has 0 unspecified atom stereocenters. The van der Waals surface area contributed by atoms with Gasteiger partial charge in [-0.1, -0.05) is 97.1 Å². The highest BCUT2D eigenvalue weighted by atomic mass is 13.9. The summed E-state index contributed by atoms with van der Waals surface area (Å²) in [5.41, 5.74) is 2.21. The molecule has 50 heavy (non-hydrogen) atoms. The van der Waals surface area contributed by atoms with Crippen LogP contribution in [0.2, 0.25) is 0 Å². The van der Waals surface area contributed by atoms with Gasteiger partial charge in [0.25, 0.3) is 0 Å². The average molecular weight is 629 g/mol. The van der Waals surface area contributed by atoms with Crippen molar-refractivity contribution >= 4 is 64.6 Å². The summed E-state index contributed by atoms with van der Waals surface area (Å²) in [5.74, 6) is 0. The van der Waals surface area contributed by atoms with Gasteiger partial charge < -0.3 is 0 Å². The van der Waals surface area contributed by atoms with Crippen molar-refractivity contribution < 1.29 is 0 Å². The molecule has 12 bridgehead atoms. The molecule has 0 amide bonds. The summed E-state index contributed by atoms with van der Waals surface area (Å²) < 4.78 is 0. The first-order chi connectivity index (χ1) is 24.5. The van der Waals surface area contributed by atoms with Gasteiger partial charge in [-0.25, -0.2) is 0 Å². The third-order valence-electron chi connectivity index (χ3n) is 7.71. The molecule has 0 atom stereocenters. The quantitative estimate of drug-likeness (QED) is 0.157. The van der Waals surface area contributed by atoms with E-state index in [4.69, 9.17) is 0 Å². The fourth-order valence-corrected chi connectivity index (χ4v) is 5.42. The van der Waals surface area contributed by atoms with Gasteiger partial charge in [-0.05, 0) is 134 Å². The molecule has 0 saturated heterocycles. The molecule has 7 aromatic carbocycles. The minimum atomic E-state index is 0.899. The van der Waals surface area contributed by atoms with Crippen LogP contribution in [0.3, 0.4) is 0 Å². The van der Waals surface area contributed by atoms with E-state index in [1.165, 1.54) is 0 Å². The third kappa shape index (κ3) is 8.52. The van der Waals surface area contributed by atoms with Crippen molar-refractivity contribution in [1.29, 1.82) is 0 Å². The summed E-state index contributed by atoms with van der Waals surface area (Å²) in [7, 11) is 0. The molecular weight excluding hydrogens is 601 g/mol. The Morgan fingerprint density at radius 3 is 0.580 bits per heavy atom. The zero-order valence-corrected chi connectivity index (χ0v) is 27.7. The highest BCUT2D eigenvalue weighted by Crippen LogP contribution is 2.11. The molecule has 0 saturated carbocycles. The van der Waals surface area contributed by atoms with E-state index in [0.29, 0.717) is 0 Å². The average Bonchev–Trinajstić information content (AvgIpc) is 3.13. The Bertz CT molecular complexity index is 2310. The van der Waals surface area contributed by atoms with E-state index in [1.807, 2.05) is 109 Å². The molecule has 0 heteroatoms. The van der Waals surface area contributed by atoms with E-state index in [2.05, 4.69) is 111 Å². The van der Waals surface area contributed by atoms with Crippen molar-refractivity contribution in [3.8, 4) is 0 Å². The van der Waals surface area contributed by atoms with Crippen LogP contribution in [0.5, 0.6) is 0 Å². The molecule has 0 fully saturated rings. The van der Waals surface area contributed by atoms with E-state index in [1.54, 1.807) is 0 Å². The lowest BCUT2D eigenvalue weighted by molar-refractivity contribution is 1.52. The first-order valence-corrected chi connectivity index (χ1v) is 16.2. The normalized spacial score (nSPS) is 9.64. The standard InChI is InChI=1S/C50H28/c1-37-27-47-23-19-43-11-3-7-39(31-43)15-17-41-9-5-13-45(33-41)21-25-49-29-38(2)30-50(36-49)26-22-46-14-6-10-42(34-46)18-16-40-8-4-12-44(32-40)20-24-48(28-37)35-47/h3-14,27-36H,1-2H3. The van der Waals surface area contributed by atoms with Gasteiger partial charge >= 0.3 is 0 Å². The molecule has 0 heterocycles. The van der Waals surface area contributed by atoms with Gasteiger partial charge in [0.15, 0.2) is 0 Å². The van der Waals surface area contributed by atoms with Crippen molar-refractivity contribution in [2.45, 2.75) is 13.8 Å². The zero-order chi connectivity index (χ0) is 34.1. The number of hydrogen-bond acceptors (Lipinski definition) is 0. The van der Waals surface area contributed by atoms with E-state index in [-0.39, 0.29) is 0 Å². The minimum Gasteiger partial charge on any atom is -0.0616 e. The van der Waals surface area contributed by atoms with Crippen LogP contribution >= 0.6 is 0 Å². The molecule has 0 aliphatic carbocycles. The summed E-state index contributed by atoms with van der Waals surface area (Å²) in [6.45, 7) is 4.13. The predicted molar refractivity (Wildman–Crippen MR) is 206 cm³/mol.